The molecule has 0 bridgehead atoms. The van der Waals surface area contributed by atoms with Gasteiger partial charge < -0.3 is 9.30 Å². The molecule has 116 valence electrons. The van der Waals surface area contributed by atoms with E-state index in [9.17, 15) is 4.79 Å². The monoisotopic (exact) mass is 369 g/mol. The summed E-state index contributed by atoms with van der Waals surface area (Å²) in [5.74, 6) is -0.324. The Morgan fingerprint density at radius 2 is 1.74 bits per heavy atom. The average Bonchev–Trinajstić information content (AvgIpc) is 2.99. The first-order valence-electron chi connectivity index (χ1n) is 7.25. The number of halogens is 1. The van der Waals surface area contributed by atoms with Gasteiger partial charge in [0.05, 0.1) is 12.7 Å². The maximum atomic E-state index is 12.1. The van der Waals surface area contributed by atoms with Gasteiger partial charge in [-0.25, -0.2) is 4.79 Å². The molecule has 3 aromatic rings. The van der Waals surface area contributed by atoms with Crippen LogP contribution >= 0.6 is 15.9 Å². The van der Waals surface area contributed by atoms with Gasteiger partial charge in [0.1, 0.15) is 0 Å². The molecule has 0 saturated heterocycles. The van der Waals surface area contributed by atoms with Crippen LogP contribution in [0.15, 0.2) is 71.5 Å². The van der Waals surface area contributed by atoms with Crippen molar-refractivity contribution in [2.75, 3.05) is 7.11 Å². The van der Waals surface area contributed by atoms with Gasteiger partial charge in [0.15, 0.2) is 0 Å². The highest BCUT2D eigenvalue weighted by Gasteiger charge is 2.16. The number of carbonyl (C=O) groups excluding carboxylic acids is 1. The van der Waals surface area contributed by atoms with E-state index in [-0.39, 0.29) is 5.97 Å². The summed E-state index contributed by atoms with van der Waals surface area (Å²) in [6.45, 7) is 0.710. The minimum absolute atomic E-state index is 0.324. The molecule has 1 heterocycles. The van der Waals surface area contributed by atoms with Crippen molar-refractivity contribution in [3.63, 3.8) is 0 Å². The zero-order valence-electron chi connectivity index (χ0n) is 12.7. The molecular weight excluding hydrogens is 354 g/mol. The Morgan fingerprint density at radius 1 is 1.04 bits per heavy atom. The highest BCUT2D eigenvalue weighted by atomic mass is 79.9. The SMILES string of the molecule is COC(=O)c1cn(Cc2ccccc2)cc1-c1ccc(Br)cc1. The molecule has 3 rings (SSSR count). The maximum absolute atomic E-state index is 12.1. The molecule has 2 aromatic carbocycles. The smallest absolute Gasteiger partial charge is 0.340 e. The first kappa shape index (κ1) is 15.6. The number of esters is 1. The van der Waals surface area contributed by atoms with Crippen molar-refractivity contribution in [2.24, 2.45) is 0 Å². The van der Waals surface area contributed by atoms with Crippen LogP contribution in [-0.2, 0) is 11.3 Å². The van der Waals surface area contributed by atoms with Crippen LogP contribution in [0.3, 0.4) is 0 Å². The van der Waals surface area contributed by atoms with E-state index in [0.29, 0.717) is 12.1 Å². The van der Waals surface area contributed by atoms with E-state index in [1.54, 1.807) is 0 Å². The summed E-state index contributed by atoms with van der Waals surface area (Å²) < 4.78 is 7.94. The van der Waals surface area contributed by atoms with E-state index in [1.165, 1.54) is 12.7 Å². The van der Waals surface area contributed by atoms with E-state index in [1.807, 2.05) is 59.4 Å². The van der Waals surface area contributed by atoms with Crippen LogP contribution < -0.4 is 0 Å². The molecule has 4 heteroatoms. The number of benzene rings is 2. The molecule has 0 aliphatic heterocycles. The van der Waals surface area contributed by atoms with Gasteiger partial charge >= 0.3 is 5.97 Å². The zero-order valence-corrected chi connectivity index (χ0v) is 14.3. The Kier molecular flexibility index (Phi) is 4.63. The Bertz CT molecular complexity index is 807. The Labute approximate surface area is 143 Å². The van der Waals surface area contributed by atoms with Gasteiger partial charge in [-0.2, -0.15) is 0 Å². The molecule has 0 N–H and O–H groups in total. The fourth-order valence-corrected chi connectivity index (χ4v) is 2.79. The van der Waals surface area contributed by atoms with E-state index >= 15 is 0 Å². The lowest BCUT2D eigenvalue weighted by Gasteiger charge is -2.03. The van der Waals surface area contributed by atoms with Gasteiger partial charge in [-0.1, -0.05) is 58.4 Å². The highest BCUT2D eigenvalue weighted by molar-refractivity contribution is 9.10. The summed E-state index contributed by atoms with van der Waals surface area (Å²) in [5, 5.41) is 0. The first-order chi connectivity index (χ1) is 11.2. The summed E-state index contributed by atoms with van der Waals surface area (Å²) >= 11 is 3.43. The third-order valence-electron chi connectivity index (χ3n) is 3.65. The zero-order chi connectivity index (χ0) is 16.2. The topological polar surface area (TPSA) is 31.2 Å². The van der Waals surface area contributed by atoms with Crippen LogP contribution in [0.25, 0.3) is 11.1 Å². The van der Waals surface area contributed by atoms with Crippen LogP contribution in [0.5, 0.6) is 0 Å². The fraction of sp³-hybridized carbons (Fsp3) is 0.105. The molecule has 0 unspecified atom stereocenters. The molecule has 0 saturated carbocycles. The second kappa shape index (κ2) is 6.84. The Balaban J connectivity index is 2.00. The van der Waals surface area contributed by atoms with Crippen molar-refractivity contribution in [1.29, 1.82) is 0 Å². The van der Waals surface area contributed by atoms with E-state index in [4.69, 9.17) is 4.74 Å². The predicted molar refractivity (Wildman–Crippen MR) is 94.5 cm³/mol. The van der Waals surface area contributed by atoms with Crippen LogP contribution in [0.4, 0.5) is 0 Å². The molecular formula is C19H16BrNO2. The van der Waals surface area contributed by atoms with Crippen LogP contribution in [-0.4, -0.2) is 17.6 Å². The van der Waals surface area contributed by atoms with E-state index in [2.05, 4.69) is 28.1 Å². The van der Waals surface area contributed by atoms with Crippen molar-refractivity contribution < 1.29 is 9.53 Å². The number of methoxy groups -OCH3 is 1. The van der Waals surface area contributed by atoms with Crippen molar-refractivity contribution in [1.82, 2.24) is 4.57 Å². The van der Waals surface area contributed by atoms with Crippen molar-refractivity contribution >= 4 is 21.9 Å². The molecule has 0 atom stereocenters. The number of aromatic nitrogens is 1. The Morgan fingerprint density at radius 3 is 2.39 bits per heavy atom. The molecule has 0 amide bonds. The molecule has 0 aliphatic carbocycles. The quantitative estimate of drug-likeness (QED) is 0.621. The number of rotatable bonds is 4. The standard InChI is InChI=1S/C19H16BrNO2/c1-23-19(22)18-13-21(11-14-5-3-2-4-6-14)12-17(18)15-7-9-16(20)10-8-15/h2-10,12-13H,11H2,1H3. The molecule has 0 aliphatic rings. The largest absolute Gasteiger partial charge is 0.465 e. The molecule has 0 spiro atoms. The lowest BCUT2D eigenvalue weighted by Crippen LogP contribution is -2.01. The average molecular weight is 370 g/mol. The second-order valence-electron chi connectivity index (χ2n) is 5.24. The van der Waals surface area contributed by atoms with Crippen molar-refractivity contribution in [2.45, 2.75) is 6.54 Å². The number of nitrogens with zero attached hydrogens (tertiary/aromatic N) is 1. The first-order valence-corrected chi connectivity index (χ1v) is 8.04. The Hall–Kier alpha value is -2.33. The molecule has 3 nitrogen and oxygen atoms in total. The summed E-state index contributed by atoms with van der Waals surface area (Å²) in [6, 6.07) is 18.0. The molecule has 1 aromatic heterocycles. The second-order valence-corrected chi connectivity index (χ2v) is 6.16. The van der Waals surface area contributed by atoms with E-state index in [0.717, 1.165) is 15.6 Å². The van der Waals surface area contributed by atoms with Crippen molar-refractivity contribution in [3.05, 3.63) is 82.6 Å². The predicted octanol–water partition coefficient (Wildman–Crippen LogP) is 4.75. The maximum Gasteiger partial charge on any atom is 0.340 e. The van der Waals surface area contributed by atoms with Crippen LogP contribution in [0, 0.1) is 0 Å². The highest BCUT2D eigenvalue weighted by Crippen LogP contribution is 2.27. The number of carbonyl (C=O) groups is 1. The van der Waals surface area contributed by atoms with Gasteiger partial charge in [-0.3, -0.25) is 0 Å². The van der Waals surface area contributed by atoms with Gasteiger partial charge in [-0.15, -0.1) is 0 Å². The normalized spacial score (nSPS) is 10.5. The molecule has 0 radical (unpaired) electrons. The van der Waals surface area contributed by atoms with Gasteiger partial charge in [0.2, 0.25) is 0 Å². The lowest BCUT2D eigenvalue weighted by molar-refractivity contribution is 0.0601. The number of ether oxygens (including phenoxy) is 1. The third-order valence-corrected chi connectivity index (χ3v) is 4.18. The lowest BCUT2D eigenvalue weighted by atomic mass is 10.1. The summed E-state index contributed by atoms with van der Waals surface area (Å²) in [5.41, 5.74) is 3.62. The summed E-state index contributed by atoms with van der Waals surface area (Å²) in [4.78, 5) is 12.1. The van der Waals surface area contributed by atoms with Crippen molar-refractivity contribution in [3.8, 4) is 11.1 Å². The van der Waals surface area contributed by atoms with Gasteiger partial charge in [-0.05, 0) is 23.3 Å². The number of hydrogen-bond acceptors (Lipinski definition) is 2. The van der Waals surface area contributed by atoms with Gasteiger partial charge in [0, 0.05) is 29.0 Å². The molecule has 23 heavy (non-hydrogen) atoms. The van der Waals surface area contributed by atoms with Crippen LogP contribution in [0.2, 0.25) is 0 Å². The summed E-state index contributed by atoms with van der Waals surface area (Å²) in [7, 11) is 1.40. The van der Waals surface area contributed by atoms with Gasteiger partial charge in [0.25, 0.3) is 0 Å². The van der Waals surface area contributed by atoms with Crippen LogP contribution in [0.1, 0.15) is 15.9 Å². The number of hydrogen-bond donors (Lipinski definition) is 0. The molecule has 0 fully saturated rings. The minimum atomic E-state index is -0.324. The summed E-state index contributed by atoms with van der Waals surface area (Å²) in [6.07, 6.45) is 3.83. The van der Waals surface area contributed by atoms with E-state index < -0.39 is 0 Å². The minimum Gasteiger partial charge on any atom is -0.465 e. The fourth-order valence-electron chi connectivity index (χ4n) is 2.53. The third kappa shape index (κ3) is 3.54.